The molecule has 1 aromatic heterocycles. The molecule has 112 valence electrons. The van der Waals surface area contributed by atoms with Crippen LogP contribution in [-0.2, 0) is 19.6 Å². The summed E-state index contributed by atoms with van der Waals surface area (Å²) in [6, 6.07) is 10.6. The zero-order valence-corrected chi connectivity index (χ0v) is 13.0. The van der Waals surface area contributed by atoms with Gasteiger partial charge in [0.05, 0.1) is 5.69 Å². The number of rotatable bonds is 7. The third kappa shape index (κ3) is 3.88. The van der Waals surface area contributed by atoms with Gasteiger partial charge in [-0.05, 0) is 50.0 Å². The average Bonchev–Trinajstić information content (AvgIpc) is 2.50. The molecule has 0 saturated carbocycles. The lowest BCUT2D eigenvalue weighted by atomic mass is 9.97. The van der Waals surface area contributed by atoms with Crippen LogP contribution in [0.5, 0.6) is 0 Å². The first-order chi connectivity index (χ1) is 10.3. The van der Waals surface area contributed by atoms with E-state index in [1.165, 1.54) is 22.3 Å². The van der Waals surface area contributed by atoms with Gasteiger partial charge < -0.3 is 16.0 Å². The normalized spacial score (nSPS) is 10.8. The molecule has 0 atom stereocenters. The van der Waals surface area contributed by atoms with E-state index >= 15 is 0 Å². The summed E-state index contributed by atoms with van der Waals surface area (Å²) in [6.45, 7) is 2.55. The molecule has 4 nitrogen and oxygen atoms in total. The fourth-order valence-electron chi connectivity index (χ4n) is 2.55. The molecular formula is C17H24N4. The van der Waals surface area contributed by atoms with Crippen LogP contribution in [0.25, 0.3) is 11.3 Å². The predicted octanol–water partition coefficient (Wildman–Crippen LogP) is 1.91. The van der Waals surface area contributed by atoms with Crippen molar-refractivity contribution in [2.75, 3.05) is 21.1 Å². The summed E-state index contributed by atoms with van der Waals surface area (Å²) in [5.41, 5.74) is 6.10. The summed E-state index contributed by atoms with van der Waals surface area (Å²) < 4.78 is 0. The second-order valence-electron chi connectivity index (χ2n) is 5.08. The molecule has 0 unspecified atom stereocenters. The summed E-state index contributed by atoms with van der Waals surface area (Å²) >= 11 is 0. The van der Waals surface area contributed by atoms with E-state index in [1.54, 1.807) is 0 Å². The Morgan fingerprint density at radius 3 is 2.38 bits per heavy atom. The highest BCUT2D eigenvalue weighted by atomic mass is 14.8. The van der Waals surface area contributed by atoms with Gasteiger partial charge in [0.25, 0.3) is 0 Å². The average molecular weight is 284 g/mol. The molecule has 0 aliphatic carbocycles. The Morgan fingerprint density at radius 2 is 1.67 bits per heavy atom. The first kappa shape index (κ1) is 15.6. The smallest absolute Gasteiger partial charge is 0.0708 e. The lowest BCUT2D eigenvalue weighted by Crippen LogP contribution is -2.14. The minimum Gasteiger partial charge on any atom is -0.316 e. The molecule has 0 bridgehead atoms. The van der Waals surface area contributed by atoms with Crippen molar-refractivity contribution in [2.45, 2.75) is 19.6 Å². The summed E-state index contributed by atoms with van der Waals surface area (Å²) in [4.78, 5) is 4.56. The monoisotopic (exact) mass is 284 g/mol. The number of pyridine rings is 1. The van der Waals surface area contributed by atoms with E-state index in [4.69, 9.17) is 0 Å². The van der Waals surface area contributed by atoms with Gasteiger partial charge in [-0.3, -0.25) is 4.98 Å². The van der Waals surface area contributed by atoms with Crippen molar-refractivity contribution in [3.05, 3.63) is 53.2 Å². The lowest BCUT2D eigenvalue weighted by molar-refractivity contribution is 0.767. The topological polar surface area (TPSA) is 49.0 Å². The summed E-state index contributed by atoms with van der Waals surface area (Å²) in [5, 5.41) is 9.68. The lowest BCUT2D eigenvalue weighted by Gasteiger charge is -2.15. The van der Waals surface area contributed by atoms with E-state index in [9.17, 15) is 0 Å². The van der Waals surface area contributed by atoms with Crippen molar-refractivity contribution in [2.24, 2.45) is 0 Å². The van der Waals surface area contributed by atoms with Crippen LogP contribution in [-0.4, -0.2) is 26.1 Å². The van der Waals surface area contributed by atoms with Gasteiger partial charge in [-0.2, -0.15) is 0 Å². The Morgan fingerprint density at radius 1 is 0.905 bits per heavy atom. The molecule has 2 rings (SSSR count). The maximum Gasteiger partial charge on any atom is 0.0708 e. The molecule has 1 heterocycles. The van der Waals surface area contributed by atoms with Gasteiger partial charge in [-0.25, -0.2) is 0 Å². The number of nitrogens with zero attached hydrogens (tertiary/aromatic N) is 1. The number of aromatic nitrogens is 1. The van der Waals surface area contributed by atoms with Crippen molar-refractivity contribution in [1.29, 1.82) is 0 Å². The second-order valence-corrected chi connectivity index (χ2v) is 5.08. The van der Waals surface area contributed by atoms with Crippen molar-refractivity contribution >= 4 is 0 Å². The third-order valence-electron chi connectivity index (χ3n) is 3.48. The fraction of sp³-hybridized carbons (Fsp3) is 0.353. The zero-order chi connectivity index (χ0) is 15.1. The minimum atomic E-state index is 0.838. The SMILES string of the molecule is CNCc1ccnc(-c2cccc(CNC)c2CNC)c1. The molecule has 0 aliphatic heterocycles. The molecule has 0 spiro atoms. The van der Waals surface area contributed by atoms with Crippen molar-refractivity contribution in [1.82, 2.24) is 20.9 Å². The molecule has 21 heavy (non-hydrogen) atoms. The van der Waals surface area contributed by atoms with Crippen molar-refractivity contribution < 1.29 is 0 Å². The van der Waals surface area contributed by atoms with Crippen LogP contribution in [0.4, 0.5) is 0 Å². The molecule has 0 saturated heterocycles. The first-order valence-corrected chi connectivity index (χ1v) is 7.30. The Labute approximate surface area is 127 Å². The quantitative estimate of drug-likeness (QED) is 0.727. The highest BCUT2D eigenvalue weighted by molar-refractivity contribution is 5.66. The molecule has 4 heteroatoms. The first-order valence-electron chi connectivity index (χ1n) is 7.30. The van der Waals surface area contributed by atoms with Crippen LogP contribution < -0.4 is 16.0 Å². The fourth-order valence-corrected chi connectivity index (χ4v) is 2.55. The van der Waals surface area contributed by atoms with E-state index in [-0.39, 0.29) is 0 Å². The molecule has 3 N–H and O–H groups in total. The Hall–Kier alpha value is -1.75. The molecule has 0 aliphatic rings. The second kappa shape index (κ2) is 7.88. The number of hydrogen-bond donors (Lipinski definition) is 3. The van der Waals surface area contributed by atoms with E-state index < -0.39 is 0 Å². The number of nitrogens with one attached hydrogen (secondary N) is 3. The minimum absolute atomic E-state index is 0.838. The van der Waals surface area contributed by atoms with Gasteiger partial charge in [0.1, 0.15) is 0 Å². The number of benzene rings is 1. The van der Waals surface area contributed by atoms with Gasteiger partial charge >= 0.3 is 0 Å². The molecule has 0 fully saturated rings. The highest BCUT2D eigenvalue weighted by Gasteiger charge is 2.10. The largest absolute Gasteiger partial charge is 0.316 e. The highest BCUT2D eigenvalue weighted by Crippen LogP contribution is 2.25. The van der Waals surface area contributed by atoms with Gasteiger partial charge in [-0.15, -0.1) is 0 Å². The zero-order valence-electron chi connectivity index (χ0n) is 13.0. The summed E-state index contributed by atoms with van der Waals surface area (Å²) in [7, 11) is 5.91. The van der Waals surface area contributed by atoms with Crippen LogP contribution in [0.1, 0.15) is 16.7 Å². The maximum atomic E-state index is 4.56. The van der Waals surface area contributed by atoms with E-state index in [1.807, 2.05) is 27.3 Å². The van der Waals surface area contributed by atoms with Crippen LogP contribution in [0.15, 0.2) is 36.5 Å². The van der Waals surface area contributed by atoms with Gasteiger partial charge in [0.2, 0.25) is 0 Å². The van der Waals surface area contributed by atoms with Crippen LogP contribution >= 0.6 is 0 Å². The molecule has 0 amide bonds. The van der Waals surface area contributed by atoms with Gasteiger partial charge in [0, 0.05) is 31.4 Å². The molecular weight excluding hydrogens is 260 g/mol. The van der Waals surface area contributed by atoms with Crippen LogP contribution in [0, 0.1) is 0 Å². The van der Waals surface area contributed by atoms with E-state index in [0.29, 0.717) is 0 Å². The standard InChI is InChI=1S/C17H24N4/c1-18-10-13-7-8-21-17(9-13)15-6-4-5-14(11-19-2)16(15)12-20-3/h4-9,18-20H,10-12H2,1-3H3. The van der Waals surface area contributed by atoms with Gasteiger partial charge in [0.15, 0.2) is 0 Å². The number of hydrogen-bond acceptors (Lipinski definition) is 4. The van der Waals surface area contributed by atoms with E-state index in [2.05, 4.69) is 51.3 Å². The predicted molar refractivity (Wildman–Crippen MR) is 88.0 cm³/mol. The molecule has 2 aromatic rings. The van der Waals surface area contributed by atoms with Crippen LogP contribution in [0.2, 0.25) is 0 Å². The Bertz CT molecular complexity index is 581. The summed E-state index contributed by atoms with van der Waals surface area (Å²) in [5.74, 6) is 0. The van der Waals surface area contributed by atoms with Crippen molar-refractivity contribution in [3.63, 3.8) is 0 Å². The van der Waals surface area contributed by atoms with Gasteiger partial charge in [-0.1, -0.05) is 18.2 Å². The molecule has 0 radical (unpaired) electrons. The van der Waals surface area contributed by atoms with Crippen LogP contribution in [0.3, 0.4) is 0 Å². The third-order valence-corrected chi connectivity index (χ3v) is 3.48. The Kier molecular flexibility index (Phi) is 5.87. The molecule has 1 aromatic carbocycles. The maximum absolute atomic E-state index is 4.56. The van der Waals surface area contributed by atoms with Crippen molar-refractivity contribution in [3.8, 4) is 11.3 Å². The van der Waals surface area contributed by atoms with E-state index in [0.717, 1.165) is 25.3 Å². The summed E-state index contributed by atoms with van der Waals surface area (Å²) in [6.07, 6.45) is 1.88. The Balaban J connectivity index is 2.46.